The van der Waals surface area contributed by atoms with Gasteiger partial charge >= 0.3 is 0 Å². The predicted octanol–water partition coefficient (Wildman–Crippen LogP) is 4.40. The van der Waals surface area contributed by atoms with Gasteiger partial charge in [0, 0.05) is 5.69 Å². The third-order valence-electron chi connectivity index (χ3n) is 3.35. The summed E-state index contributed by atoms with van der Waals surface area (Å²) in [6.07, 6.45) is 0. The van der Waals surface area contributed by atoms with E-state index in [1.54, 1.807) is 0 Å². The number of hydrogen-bond donors (Lipinski definition) is 1. The van der Waals surface area contributed by atoms with Crippen molar-refractivity contribution in [2.45, 2.75) is 6.92 Å². The topological polar surface area (TPSA) is 26.0 Å². The minimum absolute atomic E-state index is 0.847. The van der Waals surface area contributed by atoms with E-state index < -0.39 is 0 Å². The minimum Gasteiger partial charge on any atom is -0.399 e. The molecule has 1 nitrogen and oxygen atoms in total. The molecule has 0 fully saturated rings. The van der Waals surface area contributed by atoms with Gasteiger partial charge in [-0.05, 0) is 52.6 Å². The van der Waals surface area contributed by atoms with Crippen molar-refractivity contribution in [1.82, 2.24) is 0 Å². The third kappa shape index (κ3) is 1.84. The second-order valence-electron chi connectivity index (χ2n) is 4.63. The zero-order valence-corrected chi connectivity index (χ0v) is 10.4. The first kappa shape index (κ1) is 10.8. The molecule has 3 aromatic rings. The first-order valence-corrected chi connectivity index (χ1v) is 6.09. The van der Waals surface area contributed by atoms with Gasteiger partial charge in [0.2, 0.25) is 0 Å². The van der Waals surface area contributed by atoms with Gasteiger partial charge < -0.3 is 5.73 Å². The summed E-state index contributed by atoms with van der Waals surface area (Å²) in [5.74, 6) is 0. The molecule has 3 rings (SSSR count). The summed E-state index contributed by atoms with van der Waals surface area (Å²) in [6, 6.07) is 21.1. The lowest BCUT2D eigenvalue weighted by atomic mass is 9.99. The first-order chi connectivity index (χ1) is 8.74. The van der Waals surface area contributed by atoms with Gasteiger partial charge in [0.05, 0.1) is 0 Å². The molecule has 0 heterocycles. The number of fused-ring (bicyclic) bond motifs is 1. The number of anilines is 1. The van der Waals surface area contributed by atoms with Crippen molar-refractivity contribution in [1.29, 1.82) is 0 Å². The van der Waals surface area contributed by atoms with Crippen LogP contribution in [0.4, 0.5) is 5.69 Å². The Bertz CT molecular complexity index is 714. The average molecular weight is 233 g/mol. The highest BCUT2D eigenvalue weighted by Crippen LogP contribution is 2.26. The standard InChI is InChI=1S/C17H15N/c1-12-10-15(8-9-17(12)18)16-7-6-13-4-2-3-5-14(13)11-16/h2-11H,18H2,1H3. The smallest absolute Gasteiger partial charge is 0.0344 e. The van der Waals surface area contributed by atoms with Crippen LogP contribution in [-0.2, 0) is 0 Å². The van der Waals surface area contributed by atoms with Gasteiger partial charge in [0.1, 0.15) is 0 Å². The molecule has 0 spiro atoms. The van der Waals surface area contributed by atoms with Crippen LogP contribution in [0.15, 0.2) is 60.7 Å². The fraction of sp³-hybridized carbons (Fsp3) is 0.0588. The second kappa shape index (κ2) is 4.19. The van der Waals surface area contributed by atoms with Gasteiger partial charge in [0.15, 0.2) is 0 Å². The van der Waals surface area contributed by atoms with Crippen LogP contribution in [0.5, 0.6) is 0 Å². The molecule has 18 heavy (non-hydrogen) atoms. The first-order valence-electron chi connectivity index (χ1n) is 6.09. The summed E-state index contributed by atoms with van der Waals surface area (Å²) in [4.78, 5) is 0. The molecule has 0 aliphatic rings. The maximum Gasteiger partial charge on any atom is 0.0344 e. The Morgan fingerprint density at radius 1 is 0.722 bits per heavy atom. The zero-order chi connectivity index (χ0) is 12.5. The van der Waals surface area contributed by atoms with Gasteiger partial charge in [0.25, 0.3) is 0 Å². The van der Waals surface area contributed by atoms with Crippen molar-refractivity contribution in [2.75, 3.05) is 5.73 Å². The van der Waals surface area contributed by atoms with Crippen molar-refractivity contribution in [2.24, 2.45) is 0 Å². The van der Waals surface area contributed by atoms with Crippen LogP contribution in [0.25, 0.3) is 21.9 Å². The molecule has 88 valence electrons. The van der Waals surface area contributed by atoms with E-state index in [-0.39, 0.29) is 0 Å². The molecular weight excluding hydrogens is 218 g/mol. The number of aryl methyl sites for hydroxylation is 1. The summed E-state index contributed by atoms with van der Waals surface area (Å²) in [7, 11) is 0. The molecule has 0 aliphatic heterocycles. The molecule has 0 saturated carbocycles. The van der Waals surface area contributed by atoms with Crippen molar-refractivity contribution in [3.63, 3.8) is 0 Å². The molecular formula is C17H15N. The molecule has 0 unspecified atom stereocenters. The van der Waals surface area contributed by atoms with Crippen LogP contribution < -0.4 is 5.73 Å². The van der Waals surface area contributed by atoms with E-state index in [0.717, 1.165) is 11.3 Å². The predicted molar refractivity (Wildman–Crippen MR) is 78.5 cm³/mol. The van der Waals surface area contributed by atoms with Crippen molar-refractivity contribution in [3.8, 4) is 11.1 Å². The largest absolute Gasteiger partial charge is 0.399 e. The maximum absolute atomic E-state index is 5.86. The Balaban J connectivity index is 2.16. The molecule has 0 bridgehead atoms. The van der Waals surface area contributed by atoms with Gasteiger partial charge in [-0.1, -0.05) is 42.5 Å². The fourth-order valence-electron chi connectivity index (χ4n) is 2.22. The monoisotopic (exact) mass is 233 g/mol. The molecule has 0 radical (unpaired) electrons. The highest BCUT2D eigenvalue weighted by Gasteiger charge is 2.01. The van der Waals surface area contributed by atoms with Gasteiger partial charge in [-0.15, -0.1) is 0 Å². The molecule has 1 heteroatoms. The lowest BCUT2D eigenvalue weighted by Gasteiger charge is -2.07. The highest BCUT2D eigenvalue weighted by atomic mass is 14.5. The fourth-order valence-corrected chi connectivity index (χ4v) is 2.22. The quantitative estimate of drug-likeness (QED) is 0.619. The van der Waals surface area contributed by atoms with Crippen LogP contribution in [0.2, 0.25) is 0 Å². The number of nitrogen functional groups attached to an aromatic ring is 1. The van der Waals surface area contributed by atoms with Gasteiger partial charge in [-0.25, -0.2) is 0 Å². The van der Waals surface area contributed by atoms with Gasteiger partial charge in [-0.3, -0.25) is 0 Å². The molecule has 0 atom stereocenters. The number of benzene rings is 3. The normalized spacial score (nSPS) is 10.7. The lowest BCUT2D eigenvalue weighted by Crippen LogP contribution is -1.89. The van der Waals surface area contributed by atoms with Crippen LogP contribution in [-0.4, -0.2) is 0 Å². The lowest BCUT2D eigenvalue weighted by molar-refractivity contribution is 1.47. The maximum atomic E-state index is 5.86. The summed E-state index contributed by atoms with van der Waals surface area (Å²) in [6.45, 7) is 2.04. The van der Waals surface area contributed by atoms with Gasteiger partial charge in [-0.2, -0.15) is 0 Å². The van der Waals surface area contributed by atoms with Crippen LogP contribution >= 0.6 is 0 Å². The molecule has 3 aromatic carbocycles. The summed E-state index contributed by atoms with van der Waals surface area (Å²) in [5, 5.41) is 2.54. The summed E-state index contributed by atoms with van der Waals surface area (Å²) < 4.78 is 0. The Labute approximate surface area is 107 Å². The summed E-state index contributed by atoms with van der Waals surface area (Å²) in [5.41, 5.74) is 10.3. The number of nitrogens with two attached hydrogens (primary N) is 1. The van der Waals surface area contributed by atoms with Crippen LogP contribution in [0.3, 0.4) is 0 Å². The van der Waals surface area contributed by atoms with Crippen molar-refractivity contribution < 1.29 is 0 Å². The van der Waals surface area contributed by atoms with E-state index in [1.165, 1.54) is 21.9 Å². The van der Waals surface area contributed by atoms with Crippen LogP contribution in [0, 0.1) is 6.92 Å². The third-order valence-corrected chi connectivity index (χ3v) is 3.35. The molecule has 2 N–H and O–H groups in total. The van der Waals surface area contributed by atoms with Crippen molar-refractivity contribution >= 4 is 16.5 Å². The highest BCUT2D eigenvalue weighted by molar-refractivity contribution is 5.87. The number of rotatable bonds is 1. The van der Waals surface area contributed by atoms with Crippen LogP contribution in [0.1, 0.15) is 5.56 Å². The second-order valence-corrected chi connectivity index (χ2v) is 4.63. The molecule has 0 amide bonds. The number of hydrogen-bond acceptors (Lipinski definition) is 1. The Morgan fingerprint density at radius 2 is 1.39 bits per heavy atom. The zero-order valence-electron chi connectivity index (χ0n) is 10.4. The Kier molecular flexibility index (Phi) is 2.52. The average Bonchev–Trinajstić information content (AvgIpc) is 2.41. The SMILES string of the molecule is Cc1cc(-c2ccc3ccccc3c2)ccc1N. The minimum atomic E-state index is 0.847. The van der Waals surface area contributed by atoms with E-state index in [0.29, 0.717) is 0 Å². The van der Waals surface area contributed by atoms with E-state index in [1.807, 2.05) is 13.0 Å². The van der Waals surface area contributed by atoms with E-state index in [2.05, 4.69) is 54.6 Å². The molecule has 0 aromatic heterocycles. The summed E-state index contributed by atoms with van der Waals surface area (Å²) >= 11 is 0. The Morgan fingerprint density at radius 3 is 2.17 bits per heavy atom. The van der Waals surface area contributed by atoms with Crippen molar-refractivity contribution in [3.05, 3.63) is 66.2 Å². The molecule has 0 saturated heterocycles. The molecule has 0 aliphatic carbocycles. The van der Waals surface area contributed by atoms with E-state index >= 15 is 0 Å². The van der Waals surface area contributed by atoms with E-state index in [4.69, 9.17) is 5.73 Å². The van der Waals surface area contributed by atoms with E-state index in [9.17, 15) is 0 Å². The Hall–Kier alpha value is -2.28.